The first-order valence-electron chi connectivity index (χ1n) is 4.84. The molecule has 0 amide bonds. The summed E-state index contributed by atoms with van der Waals surface area (Å²) in [7, 11) is 0. The highest BCUT2D eigenvalue weighted by atomic mass is 14.9. The second-order valence-electron chi connectivity index (χ2n) is 3.84. The van der Waals surface area contributed by atoms with Gasteiger partial charge in [-0.25, -0.2) is 0 Å². The Morgan fingerprint density at radius 1 is 1.46 bits per heavy atom. The van der Waals surface area contributed by atoms with Crippen molar-refractivity contribution in [2.75, 3.05) is 11.9 Å². The molecule has 0 bridgehead atoms. The SMILES string of the molecule is Cc1ccc2c(c1)CC(N)CCN2. The molecule has 1 unspecified atom stereocenters. The standard InChI is InChI=1S/C11H16N2/c1-8-2-3-11-9(6-8)7-10(12)4-5-13-11/h2-3,6,10,13H,4-5,7,12H2,1H3. The van der Waals surface area contributed by atoms with Gasteiger partial charge >= 0.3 is 0 Å². The van der Waals surface area contributed by atoms with Gasteiger partial charge in [-0.3, -0.25) is 0 Å². The lowest BCUT2D eigenvalue weighted by atomic mass is 10.0. The average Bonchev–Trinajstić information content (AvgIpc) is 2.25. The zero-order chi connectivity index (χ0) is 9.26. The molecule has 70 valence electrons. The number of nitrogens with one attached hydrogen (secondary N) is 1. The van der Waals surface area contributed by atoms with Crippen LogP contribution in [0.25, 0.3) is 0 Å². The smallest absolute Gasteiger partial charge is 0.0373 e. The Hall–Kier alpha value is -1.02. The molecule has 0 spiro atoms. The summed E-state index contributed by atoms with van der Waals surface area (Å²) in [6.45, 7) is 3.12. The number of hydrogen-bond acceptors (Lipinski definition) is 2. The number of hydrogen-bond donors (Lipinski definition) is 2. The van der Waals surface area contributed by atoms with Gasteiger partial charge in [0.15, 0.2) is 0 Å². The van der Waals surface area contributed by atoms with Crippen LogP contribution in [0.2, 0.25) is 0 Å². The normalized spacial score (nSPS) is 21.5. The van der Waals surface area contributed by atoms with E-state index in [0.717, 1.165) is 19.4 Å². The maximum Gasteiger partial charge on any atom is 0.0373 e. The van der Waals surface area contributed by atoms with E-state index in [1.54, 1.807) is 0 Å². The third kappa shape index (κ3) is 1.83. The summed E-state index contributed by atoms with van der Waals surface area (Å²) >= 11 is 0. The van der Waals surface area contributed by atoms with E-state index in [0.29, 0.717) is 6.04 Å². The van der Waals surface area contributed by atoms with Crippen LogP contribution in [-0.2, 0) is 6.42 Å². The van der Waals surface area contributed by atoms with Crippen molar-refractivity contribution in [1.29, 1.82) is 0 Å². The van der Waals surface area contributed by atoms with Crippen LogP contribution < -0.4 is 11.1 Å². The van der Waals surface area contributed by atoms with Gasteiger partial charge in [-0.1, -0.05) is 17.7 Å². The van der Waals surface area contributed by atoms with E-state index in [-0.39, 0.29) is 0 Å². The Morgan fingerprint density at radius 3 is 3.15 bits per heavy atom. The van der Waals surface area contributed by atoms with Gasteiger partial charge in [0.05, 0.1) is 0 Å². The molecule has 1 aromatic carbocycles. The predicted molar refractivity (Wildman–Crippen MR) is 56.0 cm³/mol. The summed E-state index contributed by atoms with van der Waals surface area (Å²) in [4.78, 5) is 0. The molecule has 1 aliphatic heterocycles. The van der Waals surface area contributed by atoms with E-state index in [4.69, 9.17) is 5.73 Å². The molecule has 13 heavy (non-hydrogen) atoms. The van der Waals surface area contributed by atoms with Gasteiger partial charge in [0, 0.05) is 18.3 Å². The minimum absolute atomic E-state index is 0.315. The zero-order valence-electron chi connectivity index (χ0n) is 8.01. The van der Waals surface area contributed by atoms with Gasteiger partial charge in [-0.05, 0) is 31.4 Å². The number of benzene rings is 1. The molecule has 0 saturated heterocycles. The van der Waals surface area contributed by atoms with E-state index in [2.05, 4.69) is 30.4 Å². The highest BCUT2D eigenvalue weighted by Gasteiger charge is 2.12. The van der Waals surface area contributed by atoms with Crippen molar-refractivity contribution >= 4 is 5.69 Å². The summed E-state index contributed by atoms with van der Waals surface area (Å²) in [5.74, 6) is 0. The Kier molecular flexibility index (Phi) is 2.23. The van der Waals surface area contributed by atoms with Gasteiger partial charge in [-0.15, -0.1) is 0 Å². The van der Waals surface area contributed by atoms with Crippen LogP contribution in [0.5, 0.6) is 0 Å². The van der Waals surface area contributed by atoms with Crippen LogP contribution in [0.15, 0.2) is 18.2 Å². The molecule has 2 heteroatoms. The van der Waals surface area contributed by atoms with Gasteiger partial charge in [0.1, 0.15) is 0 Å². The third-order valence-electron chi connectivity index (χ3n) is 2.57. The third-order valence-corrected chi connectivity index (χ3v) is 2.57. The fourth-order valence-electron chi connectivity index (χ4n) is 1.84. The van der Waals surface area contributed by atoms with Crippen molar-refractivity contribution in [3.8, 4) is 0 Å². The van der Waals surface area contributed by atoms with Gasteiger partial charge in [0.2, 0.25) is 0 Å². The molecule has 1 aromatic rings. The minimum Gasteiger partial charge on any atom is -0.385 e. The maximum atomic E-state index is 5.96. The van der Waals surface area contributed by atoms with E-state index in [9.17, 15) is 0 Å². The summed E-state index contributed by atoms with van der Waals surface area (Å²) in [6, 6.07) is 6.84. The number of aryl methyl sites for hydroxylation is 1. The molecule has 2 rings (SSSR count). The first-order chi connectivity index (χ1) is 6.25. The topological polar surface area (TPSA) is 38.0 Å². The summed E-state index contributed by atoms with van der Waals surface area (Å²) in [5, 5.41) is 3.40. The van der Waals surface area contributed by atoms with Gasteiger partial charge in [-0.2, -0.15) is 0 Å². The van der Waals surface area contributed by atoms with Crippen LogP contribution in [0.1, 0.15) is 17.5 Å². The minimum atomic E-state index is 0.315. The number of fused-ring (bicyclic) bond motifs is 1. The highest BCUT2D eigenvalue weighted by Crippen LogP contribution is 2.21. The summed E-state index contributed by atoms with van der Waals surface area (Å²) in [5.41, 5.74) is 9.90. The average molecular weight is 176 g/mol. The second-order valence-corrected chi connectivity index (χ2v) is 3.84. The monoisotopic (exact) mass is 176 g/mol. The Morgan fingerprint density at radius 2 is 2.31 bits per heavy atom. The second kappa shape index (κ2) is 3.38. The lowest BCUT2D eigenvalue weighted by molar-refractivity contribution is 0.642. The molecule has 3 N–H and O–H groups in total. The molecule has 0 fully saturated rings. The lowest BCUT2D eigenvalue weighted by Gasteiger charge is -2.08. The number of rotatable bonds is 0. The molecule has 0 aromatic heterocycles. The quantitative estimate of drug-likeness (QED) is 0.631. The van der Waals surface area contributed by atoms with E-state index in [1.165, 1.54) is 16.8 Å². The van der Waals surface area contributed by atoms with Crippen molar-refractivity contribution in [2.24, 2.45) is 5.73 Å². The van der Waals surface area contributed by atoms with Crippen molar-refractivity contribution in [1.82, 2.24) is 0 Å². The van der Waals surface area contributed by atoms with Crippen molar-refractivity contribution < 1.29 is 0 Å². The zero-order valence-corrected chi connectivity index (χ0v) is 8.01. The number of anilines is 1. The molecule has 0 aliphatic carbocycles. The molecule has 0 radical (unpaired) electrons. The maximum absolute atomic E-state index is 5.96. The van der Waals surface area contributed by atoms with Gasteiger partial charge < -0.3 is 11.1 Å². The first-order valence-corrected chi connectivity index (χ1v) is 4.84. The Bertz CT molecular complexity index is 307. The largest absolute Gasteiger partial charge is 0.385 e. The molecule has 0 saturated carbocycles. The van der Waals surface area contributed by atoms with Crippen molar-refractivity contribution in [2.45, 2.75) is 25.8 Å². The molecule has 2 nitrogen and oxygen atoms in total. The highest BCUT2D eigenvalue weighted by molar-refractivity contribution is 5.53. The van der Waals surface area contributed by atoms with Crippen LogP contribution in [0.4, 0.5) is 5.69 Å². The Labute approximate surface area is 79.1 Å². The molecular weight excluding hydrogens is 160 g/mol. The molecule has 1 atom stereocenters. The summed E-state index contributed by atoms with van der Waals surface area (Å²) in [6.07, 6.45) is 2.07. The fraction of sp³-hybridized carbons (Fsp3) is 0.455. The Balaban J connectivity index is 2.35. The van der Waals surface area contributed by atoms with Crippen LogP contribution in [0.3, 0.4) is 0 Å². The lowest BCUT2D eigenvalue weighted by Crippen LogP contribution is -2.22. The first kappa shape index (κ1) is 8.57. The molecular formula is C11H16N2. The van der Waals surface area contributed by atoms with E-state index in [1.807, 2.05) is 0 Å². The molecule has 1 aliphatic rings. The van der Waals surface area contributed by atoms with Crippen LogP contribution >= 0.6 is 0 Å². The fourth-order valence-corrected chi connectivity index (χ4v) is 1.84. The van der Waals surface area contributed by atoms with Gasteiger partial charge in [0.25, 0.3) is 0 Å². The van der Waals surface area contributed by atoms with E-state index >= 15 is 0 Å². The van der Waals surface area contributed by atoms with Crippen molar-refractivity contribution in [3.63, 3.8) is 0 Å². The predicted octanol–water partition coefficient (Wildman–Crippen LogP) is 1.68. The summed E-state index contributed by atoms with van der Waals surface area (Å²) < 4.78 is 0. The van der Waals surface area contributed by atoms with Crippen molar-refractivity contribution in [3.05, 3.63) is 29.3 Å². The van der Waals surface area contributed by atoms with Crippen LogP contribution in [0, 0.1) is 6.92 Å². The van der Waals surface area contributed by atoms with Crippen LogP contribution in [-0.4, -0.2) is 12.6 Å². The van der Waals surface area contributed by atoms with E-state index < -0.39 is 0 Å². The molecule has 1 heterocycles. The number of nitrogens with two attached hydrogens (primary N) is 1.